The first-order valence-corrected chi connectivity index (χ1v) is 11.4. The van der Waals surface area contributed by atoms with Gasteiger partial charge in [-0.05, 0) is 40.5 Å². The molecule has 5 nitrogen and oxygen atoms in total. The number of carbonyl (C=O) groups is 2. The number of carbonyl (C=O) groups excluding carboxylic acids is 2. The van der Waals surface area contributed by atoms with Crippen molar-refractivity contribution in [2.24, 2.45) is 0 Å². The summed E-state index contributed by atoms with van der Waals surface area (Å²) in [4.78, 5) is 27.0. The minimum Gasteiger partial charge on any atom is -0.344 e. The van der Waals surface area contributed by atoms with Crippen LogP contribution < -0.4 is 10.6 Å². The first-order chi connectivity index (χ1) is 15.5. The molecule has 3 aromatic rings. The smallest absolute Gasteiger partial charge is 0.245 e. The van der Waals surface area contributed by atoms with Crippen molar-refractivity contribution in [3.63, 3.8) is 0 Å². The molecule has 0 bridgehead atoms. The van der Waals surface area contributed by atoms with E-state index in [4.69, 9.17) is 11.6 Å². The number of halogens is 1. The van der Waals surface area contributed by atoms with E-state index in [2.05, 4.69) is 41.0 Å². The van der Waals surface area contributed by atoms with E-state index in [1.165, 1.54) is 23.3 Å². The van der Waals surface area contributed by atoms with Crippen molar-refractivity contribution in [3.8, 4) is 0 Å². The quantitative estimate of drug-likeness (QED) is 0.604. The monoisotopic (exact) mass is 449 g/mol. The summed E-state index contributed by atoms with van der Waals surface area (Å²) in [7, 11) is 0. The predicted octanol–water partition coefficient (Wildman–Crippen LogP) is 3.58. The highest BCUT2D eigenvalue weighted by molar-refractivity contribution is 6.30. The van der Waals surface area contributed by atoms with Crippen molar-refractivity contribution in [3.05, 3.63) is 82.9 Å². The summed E-state index contributed by atoms with van der Waals surface area (Å²) in [5.74, 6) is -0.250. The van der Waals surface area contributed by atoms with Gasteiger partial charge in [0.25, 0.3) is 0 Å². The van der Waals surface area contributed by atoms with Gasteiger partial charge in [0, 0.05) is 44.0 Å². The molecule has 0 unspecified atom stereocenters. The number of rotatable bonds is 6. The Bertz CT molecular complexity index is 1100. The maximum atomic E-state index is 13.3. The molecule has 166 valence electrons. The van der Waals surface area contributed by atoms with E-state index in [0.717, 1.165) is 18.5 Å². The van der Waals surface area contributed by atoms with Crippen LogP contribution in [-0.2, 0) is 22.4 Å². The average Bonchev–Trinajstić information content (AvgIpc) is 2.79. The standard InChI is InChI=1S/C26H28ClN3O2/c1-18(31)29-25(16-19-7-10-23(27)11-8-19)26(32)30-13-12-28-24(17-30)15-20-6-9-21-4-2-3-5-22(21)14-20/h2-11,14,24-25,28H,12-13,15-17H2,1H3,(H,29,31)/t24-,25-/m1/s1. The fourth-order valence-electron chi connectivity index (χ4n) is 4.33. The fraction of sp³-hybridized carbons (Fsp3) is 0.308. The first kappa shape index (κ1) is 22.3. The summed E-state index contributed by atoms with van der Waals surface area (Å²) < 4.78 is 0. The van der Waals surface area contributed by atoms with E-state index >= 15 is 0 Å². The molecule has 2 atom stereocenters. The second-order valence-electron chi connectivity index (χ2n) is 8.40. The Morgan fingerprint density at radius 3 is 2.53 bits per heavy atom. The van der Waals surface area contributed by atoms with Crippen LogP contribution in [-0.4, -0.2) is 48.4 Å². The van der Waals surface area contributed by atoms with Crippen molar-refractivity contribution in [2.75, 3.05) is 19.6 Å². The second-order valence-corrected chi connectivity index (χ2v) is 8.84. The Hall–Kier alpha value is -2.89. The highest BCUT2D eigenvalue weighted by atomic mass is 35.5. The zero-order valence-electron chi connectivity index (χ0n) is 18.2. The fourth-order valence-corrected chi connectivity index (χ4v) is 4.46. The van der Waals surface area contributed by atoms with Gasteiger partial charge in [0.2, 0.25) is 11.8 Å². The zero-order valence-corrected chi connectivity index (χ0v) is 18.9. The molecular weight excluding hydrogens is 422 g/mol. The lowest BCUT2D eigenvalue weighted by Gasteiger charge is -2.36. The van der Waals surface area contributed by atoms with Crippen LogP contribution in [0.4, 0.5) is 0 Å². The summed E-state index contributed by atoms with van der Waals surface area (Å²) in [6, 6.07) is 21.8. The van der Waals surface area contributed by atoms with Gasteiger partial charge in [-0.2, -0.15) is 0 Å². The van der Waals surface area contributed by atoms with E-state index in [9.17, 15) is 9.59 Å². The van der Waals surface area contributed by atoms with E-state index in [1.54, 1.807) is 12.1 Å². The molecule has 0 saturated carbocycles. The number of hydrogen-bond acceptors (Lipinski definition) is 3. The Kier molecular flexibility index (Phi) is 7.08. The number of fused-ring (bicyclic) bond motifs is 1. The molecule has 3 aromatic carbocycles. The van der Waals surface area contributed by atoms with Gasteiger partial charge in [-0.25, -0.2) is 0 Å². The highest BCUT2D eigenvalue weighted by Gasteiger charge is 2.29. The molecule has 0 radical (unpaired) electrons. The Morgan fingerprint density at radius 1 is 1.06 bits per heavy atom. The Balaban J connectivity index is 1.44. The molecule has 1 saturated heterocycles. The molecule has 1 fully saturated rings. The number of nitrogens with one attached hydrogen (secondary N) is 2. The van der Waals surface area contributed by atoms with Gasteiger partial charge in [-0.1, -0.05) is 66.2 Å². The third kappa shape index (κ3) is 5.67. The van der Waals surface area contributed by atoms with Gasteiger partial charge in [0.15, 0.2) is 0 Å². The van der Waals surface area contributed by atoms with Crippen LogP contribution in [0.15, 0.2) is 66.7 Å². The molecule has 6 heteroatoms. The van der Waals surface area contributed by atoms with Gasteiger partial charge in [-0.3, -0.25) is 9.59 Å². The predicted molar refractivity (Wildman–Crippen MR) is 129 cm³/mol. The van der Waals surface area contributed by atoms with E-state index in [-0.39, 0.29) is 17.9 Å². The molecule has 4 rings (SSSR count). The SMILES string of the molecule is CC(=O)N[C@H](Cc1ccc(Cl)cc1)C(=O)N1CCN[C@H](Cc2ccc3ccccc3c2)C1. The number of amides is 2. The second kappa shape index (κ2) is 10.2. The number of nitrogens with zero attached hydrogens (tertiary/aromatic N) is 1. The van der Waals surface area contributed by atoms with Crippen molar-refractivity contribution in [1.29, 1.82) is 0 Å². The molecule has 1 heterocycles. The zero-order chi connectivity index (χ0) is 22.5. The molecule has 2 N–H and O–H groups in total. The number of benzene rings is 3. The van der Waals surface area contributed by atoms with Gasteiger partial charge in [0.05, 0.1) is 0 Å². The number of piperazine rings is 1. The van der Waals surface area contributed by atoms with E-state index in [1.807, 2.05) is 29.2 Å². The van der Waals surface area contributed by atoms with Gasteiger partial charge in [0.1, 0.15) is 6.04 Å². The molecule has 1 aliphatic rings. The lowest BCUT2D eigenvalue weighted by atomic mass is 9.99. The third-order valence-electron chi connectivity index (χ3n) is 5.89. The summed E-state index contributed by atoms with van der Waals surface area (Å²) >= 11 is 5.98. The van der Waals surface area contributed by atoms with Crippen LogP contribution in [0.3, 0.4) is 0 Å². The lowest BCUT2D eigenvalue weighted by molar-refractivity contribution is -0.137. The van der Waals surface area contributed by atoms with Gasteiger partial charge < -0.3 is 15.5 Å². The Morgan fingerprint density at radius 2 is 1.78 bits per heavy atom. The lowest BCUT2D eigenvalue weighted by Crippen LogP contribution is -2.58. The van der Waals surface area contributed by atoms with Gasteiger partial charge in [-0.15, -0.1) is 0 Å². The summed E-state index contributed by atoms with van der Waals surface area (Å²) in [6.45, 7) is 3.42. The summed E-state index contributed by atoms with van der Waals surface area (Å²) in [6.07, 6.45) is 1.28. The molecule has 0 aromatic heterocycles. The molecular formula is C26H28ClN3O2. The highest BCUT2D eigenvalue weighted by Crippen LogP contribution is 2.18. The van der Waals surface area contributed by atoms with Crippen molar-refractivity contribution < 1.29 is 9.59 Å². The normalized spacial score (nSPS) is 17.2. The first-order valence-electron chi connectivity index (χ1n) is 11.0. The molecule has 32 heavy (non-hydrogen) atoms. The minimum atomic E-state index is -0.590. The molecule has 1 aliphatic heterocycles. The van der Waals surface area contributed by atoms with E-state index < -0.39 is 6.04 Å². The largest absolute Gasteiger partial charge is 0.344 e. The maximum Gasteiger partial charge on any atom is 0.245 e. The topological polar surface area (TPSA) is 61.4 Å². The van der Waals surface area contributed by atoms with Crippen molar-refractivity contribution >= 4 is 34.2 Å². The third-order valence-corrected chi connectivity index (χ3v) is 6.14. The van der Waals surface area contributed by atoms with Crippen molar-refractivity contribution in [1.82, 2.24) is 15.5 Å². The average molecular weight is 450 g/mol. The van der Waals surface area contributed by atoms with Crippen molar-refractivity contribution in [2.45, 2.75) is 31.8 Å². The summed E-state index contributed by atoms with van der Waals surface area (Å²) in [5.41, 5.74) is 2.21. The molecule has 0 spiro atoms. The Labute approximate surface area is 193 Å². The van der Waals surface area contributed by atoms with Crippen LogP contribution in [0.25, 0.3) is 10.8 Å². The maximum absolute atomic E-state index is 13.3. The number of hydrogen-bond donors (Lipinski definition) is 2. The summed E-state index contributed by atoms with van der Waals surface area (Å²) in [5, 5.41) is 9.48. The van der Waals surface area contributed by atoms with E-state index in [0.29, 0.717) is 24.5 Å². The van der Waals surface area contributed by atoms with Crippen LogP contribution in [0.2, 0.25) is 5.02 Å². The van der Waals surface area contributed by atoms with Gasteiger partial charge >= 0.3 is 0 Å². The van der Waals surface area contributed by atoms with Crippen LogP contribution in [0, 0.1) is 0 Å². The molecule has 0 aliphatic carbocycles. The van der Waals surface area contributed by atoms with Crippen LogP contribution >= 0.6 is 11.6 Å². The van der Waals surface area contributed by atoms with Crippen LogP contribution in [0.5, 0.6) is 0 Å². The minimum absolute atomic E-state index is 0.0415. The van der Waals surface area contributed by atoms with Crippen LogP contribution in [0.1, 0.15) is 18.1 Å². The molecule has 2 amide bonds.